The number of benzene rings is 2. The highest BCUT2D eigenvalue weighted by atomic mass is 35.5. The van der Waals surface area contributed by atoms with Crippen LogP contribution in [0.5, 0.6) is 17.2 Å². The van der Waals surface area contributed by atoms with Crippen LogP contribution < -0.4 is 19.5 Å². The van der Waals surface area contributed by atoms with Gasteiger partial charge in [0.2, 0.25) is 23.4 Å². The fraction of sp³-hybridized carbons (Fsp3) is 0.400. The summed E-state index contributed by atoms with van der Waals surface area (Å²) in [5.41, 5.74) is 1.61. The van der Waals surface area contributed by atoms with Crippen LogP contribution in [0, 0.1) is 5.92 Å². The molecule has 35 heavy (non-hydrogen) atoms. The molecule has 0 bridgehead atoms. The second-order valence-electron chi connectivity index (χ2n) is 8.31. The van der Waals surface area contributed by atoms with Crippen molar-refractivity contribution in [1.82, 2.24) is 20.4 Å². The second-order valence-corrected chi connectivity index (χ2v) is 8.74. The Bertz CT molecular complexity index is 1170. The summed E-state index contributed by atoms with van der Waals surface area (Å²) in [7, 11) is 4.69. The van der Waals surface area contributed by atoms with E-state index in [0.29, 0.717) is 53.6 Å². The largest absolute Gasteiger partial charge is 0.493 e. The molecule has 4 rings (SSSR count). The van der Waals surface area contributed by atoms with Crippen LogP contribution >= 0.6 is 11.6 Å². The van der Waals surface area contributed by atoms with Gasteiger partial charge in [-0.3, -0.25) is 9.69 Å². The lowest BCUT2D eigenvalue weighted by Gasteiger charge is -2.31. The van der Waals surface area contributed by atoms with Gasteiger partial charge in [0.25, 0.3) is 0 Å². The SMILES string of the molecule is COc1ccc(CNC(=O)C2CCCN(Cc3nc(-c4cccc(Cl)c4)no3)C2)c(OC)c1OC. The van der Waals surface area contributed by atoms with Gasteiger partial charge in [-0.25, -0.2) is 0 Å². The number of nitrogens with zero attached hydrogens (tertiary/aromatic N) is 3. The molecule has 1 N–H and O–H groups in total. The summed E-state index contributed by atoms with van der Waals surface area (Å²) in [5.74, 6) is 2.49. The number of carbonyl (C=O) groups is 1. The quantitative estimate of drug-likeness (QED) is 0.471. The lowest BCUT2D eigenvalue weighted by Crippen LogP contribution is -2.42. The summed E-state index contributed by atoms with van der Waals surface area (Å²) < 4.78 is 21.7. The Morgan fingerprint density at radius 2 is 2.00 bits per heavy atom. The van der Waals surface area contributed by atoms with Crippen molar-refractivity contribution in [2.45, 2.75) is 25.9 Å². The smallest absolute Gasteiger partial charge is 0.241 e. The molecule has 1 aromatic heterocycles. The molecule has 0 spiro atoms. The average Bonchev–Trinajstić information content (AvgIpc) is 3.35. The number of methoxy groups -OCH3 is 3. The molecule has 0 aliphatic carbocycles. The average molecular weight is 501 g/mol. The third-order valence-electron chi connectivity index (χ3n) is 6.02. The summed E-state index contributed by atoms with van der Waals surface area (Å²) in [6, 6.07) is 11.0. The maximum atomic E-state index is 13.0. The fourth-order valence-corrected chi connectivity index (χ4v) is 4.49. The molecule has 1 fully saturated rings. The molecule has 1 amide bonds. The van der Waals surface area contributed by atoms with E-state index in [-0.39, 0.29) is 11.8 Å². The van der Waals surface area contributed by atoms with Gasteiger partial charge in [0.1, 0.15) is 0 Å². The highest BCUT2D eigenvalue weighted by Crippen LogP contribution is 2.39. The topological polar surface area (TPSA) is 99.0 Å². The molecule has 1 unspecified atom stereocenters. The number of piperidine rings is 1. The van der Waals surface area contributed by atoms with Crippen molar-refractivity contribution in [1.29, 1.82) is 0 Å². The predicted octanol–water partition coefficient (Wildman–Crippen LogP) is 3.94. The first kappa shape index (κ1) is 24.8. The van der Waals surface area contributed by atoms with Crippen molar-refractivity contribution in [2.75, 3.05) is 34.4 Å². The molecule has 1 aliphatic heterocycles. The molecule has 10 heteroatoms. The van der Waals surface area contributed by atoms with Gasteiger partial charge in [0, 0.05) is 29.2 Å². The van der Waals surface area contributed by atoms with Crippen molar-refractivity contribution >= 4 is 17.5 Å². The van der Waals surface area contributed by atoms with Gasteiger partial charge in [-0.1, -0.05) is 28.9 Å². The highest BCUT2D eigenvalue weighted by Gasteiger charge is 2.27. The predicted molar refractivity (Wildman–Crippen MR) is 131 cm³/mol. The van der Waals surface area contributed by atoms with Crippen molar-refractivity contribution in [2.24, 2.45) is 5.92 Å². The lowest BCUT2D eigenvalue weighted by molar-refractivity contribution is -0.127. The van der Waals surface area contributed by atoms with Gasteiger partial charge in [-0.2, -0.15) is 4.98 Å². The third-order valence-corrected chi connectivity index (χ3v) is 6.26. The molecular formula is C25H29ClN4O5. The number of halogens is 1. The van der Waals surface area contributed by atoms with E-state index in [1.54, 1.807) is 39.5 Å². The number of aromatic nitrogens is 2. The van der Waals surface area contributed by atoms with Crippen LogP contribution in [0.15, 0.2) is 40.9 Å². The fourth-order valence-electron chi connectivity index (χ4n) is 4.30. The van der Waals surface area contributed by atoms with Crippen molar-refractivity contribution in [3.05, 3.63) is 52.9 Å². The number of hydrogen-bond donors (Lipinski definition) is 1. The van der Waals surface area contributed by atoms with Crippen LogP contribution in [0.2, 0.25) is 5.02 Å². The third kappa shape index (κ3) is 5.86. The van der Waals surface area contributed by atoms with E-state index >= 15 is 0 Å². The first-order chi connectivity index (χ1) is 17.0. The van der Waals surface area contributed by atoms with Crippen LogP contribution in [0.3, 0.4) is 0 Å². The van der Waals surface area contributed by atoms with E-state index in [2.05, 4.69) is 20.4 Å². The number of hydrogen-bond acceptors (Lipinski definition) is 8. The maximum absolute atomic E-state index is 13.0. The van der Waals surface area contributed by atoms with Gasteiger partial charge < -0.3 is 24.1 Å². The number of rotatable bonds is 9. The second kappa shape index (κ2) is 11.4. The lowest BCUT2D eigenvalue weighted by atomic mass is 9.97. The molecule has 2 heterocycles. The van der Waals surface area contributed by atoms with Crippen LogP contribution in [-0.2, 0) is 17.9 Å². The van der Waals surface area contributed by atoms with E-state index in [1.165, 1.54) is 0 Å². The minimum absolute atomic E-state index is 0.00307. The Hall–Kier alpha value is -3.30. The first-order valence-corrected chi connectivity index (χ1v) is 11.8. The Kier molecular flexibility index (Phi) is 8.09. The molecular weight excluding hydrogens is 472 g/mol. The van der Waals surface area contributed by atoms with E-state index in [1.807, 2.05) is 18.2 Å². The molecule has 1 atom stereocenters. The molecule has 2 aromatic carbocycles. The van der Waals surface area contributed by atoms with Crippen molar-refractivity contribution < 1.29 is 23.5 Å². The van der Waals surface area contributed by atoms with Gasteiger partial charge in [0.15, 0.2) is 11.5 Å². The maximum Gasteiger partial charge on any atom is 0.241 e. The van der Waals surface area contributed by atoms with Crippen LogP contribution in [0.1, 0.15) is 24.3 Å². The Morgan fingerprint density at radius 3 is 2.74 bits per heavy atom. The van der Waals surface area contributed by atoms with Crippen molar-refractivity contribution in [3.8, 4) is 28.6 Å². The zero-order valence-electron chi connectivity index (χ0n) is 20.0. The Labute approximate surface area is 209 Å². The van der Waals surface area contributed by atoms with Crippen LogP contribution in [0.4, 0.5) is 0 Å². The van der Waals surface area contributed by atoms with Crippen molar-refractivity contribution in [3.63, 3.8) is 0 Å². The van der Waals surface area contributed by atoms with Gasteiger partial charge in [-0.05, 0) is 43.7 Å². The van der Waals surface area contributed by atoms with Crippen LogP contribution in [0.25, 0.3) is 11.4 Å². The highest BCUT2D eigenvalue weighted by molar-refractivity contribution is 6.30. The molecule has 3 aromatic rings. The molecule has 186 valence electrons. The van der Waals surface area contributed by atoms with E-state index in [9.17, 15) is 4.79 Å². The molecule has 9 nitrogen and oxygen atoms in total. The summed E-state index contributed by atoms with van der Waals surface area (Å²) in [5, 5.41) is 7.73. The van der Waals surface area contributed by atoms with E-state index < -0.39 is 0 Å². The summed E-state index contributed by atoms with van der Waals surface area (Å²) in [6.07, 6.45) is 1.73. The monoisotopic (exact) mass is 500 g/mol. The zero-order chi connectivity index (χ0) is 24.8. The van der Waals surface area contributed by atoms with Gasteiger partial charge in [-0.15, -0.1) is 0 Å². The molecule has 1 saturated heterocycles. The molecule has 0 radical (unpaired) electrons. The summed E-state index contributed by atoms with van der Waals surface area (Å²) >= 11 is 6.06. The number of likely N-dealkylation sites (tertiary alicyclic amines) is 1. The molecule has 1 aliphatic rings. The minimum atomic E-state index is -0.134. The summed E-state index contributed by atoms with van der Waals surface area (Å²) in [6.45, 7) is 2.29. The van der Waals surface area contributed by atoms with E-state index in [0.717, 1.165) is 30.5 Å². The Morgan fingerprint density at radius 1 is 1.17 bits per heavy atom. The van der Waals surface area contributed by atoms with Gasteiger partial charge in [0.05, 0.1) is 33.8 Å². The Balaban J connectivity index is 1.35. The normalized spacial score (nSPS) is 16.1. The van der Waals surface area contributed by atoms with Crippen LogP contribution in [-0.4, -0.2) is 55.4 Å². The first-order valence-electron chi connectivity index (χ1n) is 11.4. The standard InChI is InChI=1S/C25H29ClN4O5/c1-32-20-10-9-17(22(33-2)23(20)34-3)13-27-25(31)18-7-5-11-30(14-18)15-21-28-24(29-35-21)16-6-4-8-19(26)12-16/h4,6,8-10,12,18H,5,7,11,13-15H2,1-3H3,(H,27,31). The molecule has 0 saturated carbocycles. The number of ether oxygens (including phenoxy) is 3. The summed E-state index contributed by atoms with van der Waals surface area (Å²) in [4.78, 5) is 19.6. The van der Waals surface area contributed by atoms with E-state index in [4.69, 9.17) is 30.3 Å². The number of nitrogens with one attached hydrogen (secondary N) is 1. The number of amides is 1. The minimum Gasteiger partial charge on any atom is -0.493 e. The zero-order valence-corrected chi connectivity index (χ0v) is 20.8. The number of carbonyl (C=O) groups excluding carboxylic acids is 1. The van der Waals surface area contributed by atoms with Gasteiger partial charge >= 0.3 is 0 Å².